The zero-order valence-electron chi connectivity index (χ0n) is 9.16. The van der Waals surface area contributed by atoms with Crippen molar-refractivity contribution < 1.29 is 0 Å². The maximum absolute atomic E-state index is 5.91. The van der Waals surface area contributed by atoms with Gasteiger partial charge in [-0.1, -0.05) is 17.7 Å². The zero-order chi connectivity index (χ0) is 11.7. The maximum atomic E-state index is 5.91. The third-order valence-electron chi connectivity index (χ3n) is 2.36. The van der Waals surface area contributed by atoms with Crippen LogP contribution in [0.2, 0.25) is 5.02 Å². The van der Waals surface area contributed by atoms with Gasteiger partial charge >= 0.3 is 0 Å². The van der Waals surface area contributed by atoms with Crippen LogP contribution in [0.25, 0.3) is 0 Å². The molecule has 0 amide bonds. The van der Waals surface area contributed by atoms with Crippen LogP contribution in [0.4, 0.5) is 17.2 Å². The van der Waals surface area contributed by atoms with Gasteiger partial charge in [-0.15, -0.1) is 0 Å². The Morgan fingerprint density at radius 1 is 1.44 bits per heavy atom. The summed E-state index contributed by atoms with van der Waals surface area (Å²) in [6.07, 6.45) is 0. The Hall–Kier alpha value is -1.68. The Labute approximate surface area is 99.0 Å². The molecule has 0 atom stereocenters. The predicted octanol–water partition coefficient (Wildman–Crippen LogP) is 2.71. The highest BCUT2D eigenvalue weighted by atomic mass is 35.5. The van der Waals surface area contributed by atoms with Gasteiger partial charge in [-0.3, -0.25) is 4.68 Å². The van der Waals surface area contributed by atoms with Gasteiger partial charge in [0.2, 0.25) is 0 Å². The minimum Gasteiger partial charge on any atom is -0.394 e. The summed E-state index contributed by atoms with van der Waals surface area (Å²) in [5.74, 6) is 0.778. The number of nitrogens with one attached hydrogen (secondary N) is 1. The lowest BCUT2D eigenvalue weighted by Gasteiger charge is -2.07. The van der Waals surface area contributed by atoms with Crippen LogP contribution < -0.4 is 11.1 Å². The summed E-state index contributed by atoms with van der Waals surface area (Å²) < 4.78 is 1.71. The van der Waals surface area contributed by atoms with Crippen molar-refractivity contribution >= 4 is 28.8 Å². The molecular weight excluding hydrogens is 224 g/mol. The smallest absolute Gasteiger partial charge is 0.152 e. The van der Waals surface area contributed by atoms with E-state index in [1.807, 2.05) is 38.2 Å². The molecule has 2 aromatic rings. The van der Waals surface area contributed by atoms with Gasteiger partial charge in [-0.2, -0.15) is 5.10 Å². The summed E-state index contributed by atoms with van der Waals surface area (Å²) >= 11 is 5.90. The molecule has 2 rings (SSSR count). The molecule has 5 heteroatoms. The molecule has 0 saturated heterocycles. The van der Waals surface area contributed by atoms with Crippen LogP contribution in [-0.2, 0) is 7.05 Å². The van der Waals surface area contributed by atoms with Crippen LogP contribution in [0, 0.1) is 6.92 Å². The fourth-order valence-corrected chi connectivity index (χ4v) is 1.72. The van der Waals surface area contributed by atoms with Crippen LogP contribution in [0.1, 0.15) is 5.69 Å². The van der Waals surface area contributed by atoms with Gasteiger partial charge in [0, 0.05) is 17.8 Å². The minimum absolute atomic E-state index is 0.655. The van der Waals surface area contributed by atoms with Crippen LogP contribution in [0.15, 0.2) is 24.3 Å². The molecule has 1 aromatic heterocycles. The highest BCUT2D eigenvalue weighted by Gasteiger charge is 2.09. The highest BCUT2D eigenvalue weighted by molar-refractivity contribution is 6.30. The molecule has 16 heavy (non-hydrogen) atoms. The predicted molar refractivity (Wildman–Crippen MR) is 67.1 cm³/mol. The van der Waals surface area contributed by atoms with E-state index < -0.39 is 0 Å². The number of nitrogens with zero attached hydrogens (tertiary/aromatic N) is 2. The van der Waals surface area contributed by atoms with E-state index in [2.05, 4.69) is 10.4 Å². The second kappa shape index (κ2) is 4.06. The lowest BCUT2D eigenvalue weighted by Crippen LogP contribution is -2.01. The first kappa shape index (κ1) is 10.8. The molecule has 4 nitrogen and oxygen atoms in total. The molecule has 84 valence electrons. The molecule has 3 N–H and O–H groups in total. The molecule has 0 aliphatic rings. The van der Waals surface area contributed by atoms with Crippen molar-refractivity contribution in [2.45, 2.75) is 6.92 Å². The average molecular weight is 237 g/mol. The molecule has 0 saturated carbocycles. The summed E-state index contributed by atoms with van der Waals surface area (Å²) in [7, 11) is 1.84. The molecule has 0 aliphatic carbocycles. The highest BCUT2D eigenvalue weighted by Crippen LogP contribution is 2.26. The van der Waals surface area contributed by atoms with Gasteiger partial charge in [0.15, 0.2) is 5.82 Å². The van der Waals surface area contributed by atoms with Crippen LogP contribution in [0.5, 0.6) is 0 Å². The van der Waals surface area contributed by atoms with Gasteiger partial charge in [0.05, 0.1) is 11.4 Å². The molecule has 0 bridgehead atoms. The quantitative estimate of drug-likeness (QED) is 0.843. The Morgan fingerprint density at radius 2 is 2.19 bits per heavy atom. The molecule has 0 fully saturated rings. The van der Waals surface area contributed by atoms with Crippen LogP contribution in [0.3, 0.4) is 0 Å². The number of hydrogen-bond donors (Lipinski definition) is 2. The summed E-state index contributed by atoms with van der Waals surface area (Å²) in [5, 5.41) is 8.10. The van der Waals surface area contributed by atoms with E-state index in [4.69, 9.17) is 17.3 Å². The van der Waals surface area contributed by atoms with Crippen molar-refractivity contribution in [3.63, 3.8) is 0 Å². The summed E-state index contributed by atoms with van der Waals surface area (Å²) in [4.78, 5) is 0. The topological polar surface area (TPSA) is 55.9 Å². The third kappa shape index (κ3) is 1.97. The summed E-state index contributed by atoms with van der Waals surface area (Å²) in [5.41, 5.74) is 8.27. The van der Waals surface area contributed by atoms with E-state index in [0.717, 1.165) is 17.2 Å². The van der Waals surface area contributed by atoms with Gasteiger partial charge < -0.3 is 11.1 Å². The second-order valence-electron chi connectivity index (χ2n) is 3.61. The fraction of sp³-hybridized carbons (Fsp3) is 0.182. The van der Waals surface area contributed by atoms with Crippen LogP contribution in [-0.4, -0.2) is 9.78 Å². The van der Waals surface area contributed by atoms with Crippen molar-refractivity contribution in [2.24, 2.45) is 7.05 Å². The molecule has 1 aromatic carbocycles. The van der Waals surface area contributed by atoms with E-state index in [-0.39, 0.29) is 0 Å². The van der Waals surface area contributed by atoms with Gasteiger partial charge in [-0.25, -0.2) is 0 Å². The number of aryl methyl sites for hydroxylation is 2. The number of rotatable bonds is 2. The van der Waals surface area contributed by atoms with E-state index in [9.17, 15) is 0 Å². The monoisotopic (exact) mass is 236 g/mol. The van der Waals surface area contributed by atoms with E-state index in [0.29, 0.717) is 10.7 Å². The molecule has 0 spiro atoms. The Kier molecular flexibility index (Phi) is 2.75. The largest absolute Gasteiger partial charge is 0.394 e. The maximum Gasteiger partial charge on any atom is 0.152 e. The lowest BCUT2D eigenvalue weighted by molar-refractivity contribution is 0.765. The lowest BCUT2D eigenvalue weighted by atomic mass is 10.3. The Morgan fingerprint density at radius 3 is 2.75 bits per heavy atom. The second-order valence-corrected chi connectivity index (χ2v) is 4.04. The number of aromatic nitrogens is 2. The number of hydrogen-bond acceptors (Lipinski definition) is 3. The van der Waals surface area contributed by atoms with E-state index in [1.165, 1.54) is 0 Å². The number of benzene rings is 1. The Bertz CT molecular complexity index is 519. The van der Waals surface area contributed by atoms with Gasteiger partial charge in [0.1, 0.15) is 0 Å². The normalized spacial score (nSPS) is 10.4. The van der Waals surface area contributed by atoms with Crippen molar-refractivity contribution in [1.29, 1.82) is 0 Å². The minimum atomic E-state index is 0.655. The van der Waals surface area contributed by atoms with Crippen molar-refractivity contribution in [3.05, 3.63) is 35.0 Å². The van der Waals surface area contributed by atoms with Crippen molar-refractivity contribution in [2.75, 3.05) is 11.1 Å². The standard InChI is InChI=1S/C11H13ClN4/c1-7-10(13)11(16(2)15-7)14-9-5-3-4-8(12)6-9/h3-6,14H,13H2,1-2H3. The first-order valence-electron chi connectivity index (χ1n) is 4.89. The first-order chi connectivity index (χ1) is 7.58. The molecule has 1 heterocycles. The van der Waals surface area contributed by atoms with E-state index in [1.54, 1.807) is 4.68 Å². The van der Waals surface area contributed by atoms with Gasteiger partial charge in [-0.05, 0) is 25.1 Å². The Balaban J connectivity index is 2.34. The fourth-order valence-electron chi connectivity index (χ4n) is 1.53. The summed E-state index contributed by atoms with van der Waals surface area (Å²) in [6, 6.07) is 7.46. The number of nitrogens with two attached hydrogens (primary N) is 1. The zero-order valence-corrected chi connectivity index (χ0v) is 9.92. The number of anilines is 3. The molecule has 0 aliphatic heterocycles. The van der Waals surface area contributed by atoms with Crippen LogP contribution >= 0.6 is 11.6 Å². The first-order valence-corrected chi connectivity index (χ1v) is 5.27. The van der Waals surface area contributed by atoms with Gasteiger partial charge in [0.25, 0.3) is 0 Å². The number of halogens is 1. The molecular formula is C11H13ClN4. The molecule has 0 unspecified atom stereocenters. The van der Waals surface area contributed by atoms with Crippen molar-refractivity contribution in [1.82, 2.24) is 9.78 Å². The third-order valence-corrected chi connectivity index (χ3v) is 2.59. The van der Waals surface area contributed by atoms with E-state index >= 15 is 0 Å². The molecule has 0 radical (unpaired) electrons. The number of nitrogen functional groups attached to an aromatic ring is 1. The SMILES string of the molecule is Cc1nn(C)c(Nc2cccc(Cl)c2)c1N. The average Bonchev–Trinajstić information content (AvgIpc) is 2.45. The van der Waals surface area contributed by atoms with Crippen molar-refractivity contribution in [3.8, 4) is 0 Å². The summed E-state index contributed by atoms with van der Waals surface area (Å²) in [6.45, 7) is 1.87.